The van der Waals surface area contributed by atoms with E-state index in [2.05, 4.69) is 79.9 Å². The molecule has 0 saturated heterocycles. The molecule has 1 amide bonds. The molecule has 4 heteroatoms. The summed E-state index contributed by atoms with van der Waals surface area (Å²) < 4.78 is 0. The van der Waals surface area contributed by atoms with Crippen LogP contribution in [0.1, 0.15) is 361 Å². The number of aliphatic hydroxyl groups is 2. The lowest BCUT2D eigenvalue weighted by Gasteiger charge is -2.22. The third-order valence-corrected chi connectivity index (χ3v) is 15.5. The van der Waals surface area contributed by atoms with E-state index in [0.717, 1.165) is 57.8 Å². The van der Waals surface area contributed by atoms with E-state index >= 15 is 0 Å². The fraction of sp³-hybridized carbons (Fsp3) is 0.843. The summed E-state index contributed by atoms with van der Waals surface area (Å²) in [6.45, 7) is 4.28. The molecule has 0 bridgehead atoms. The van der Waals surface area contributed by atoms with Gasteiger partial charge in [0.05, 0.1) is 18.8 Å². The van der Waals surface area contributed by atoms with Crippen molar-refractivity contribution in [3.8, 4) is 0 Å². The highest BCUT2D eigenvalue weighted by molar-refractivity contribution is 5.76. The first-order valence-corrected chi connectivity index (χ1v) is 33.5. The summed E-state index contributed by atoms with van der Waals surface area (Å²) in [4.78, 5) is 12.6. The Morgan fingerprint density at radius 3 is 0.892 bits per heavy atom. The Morgan fingerprint density at radius 1 is 0.338 bits per heavy atom. The van der Waals surface area contributed by atoms with E-state index in [1.54, 1.807) is 0 Å². The van der Waals surface area contributed by atoms with Crippen LogP contribution in [0.4, 0.5) is 0 Å². The Bertz CT molecular complexity index is 1220. The highest BCUT2D eigenvalue weighted by atomic mass is 16.3. The molecule has 74 heavy (non-hydrogen) atoms. The predicted molar refractivity (Wildman–Crippen MR) is 331 cm³/mol. The van der Waals surface area contributed by atoms with Gasteiger partial charge in [-0.25, -0.2) is 0 Å². The summed E-state index contributed by atoms with van der Waals surface area (Å²) in [6.07, 6.45) is 92.6. The van der Waals surface area contributed by atoms with Crippen LogP contribution in [-0.2, 0) is 4.79 Å². The average molecular weight is 1030 g/mol. The lowest BCUT2D eigenvalue weighted by molar-refractivity contribution is -0.123. The molecule has 0 aliphatic rings. The molecule has 0 aromatic heterocycles. The lowest BCUT2D eigenvalue weighted by atomic mass is 10.0. The lowest BCUT2D eigenvalue weighted by Crippen LogP contribution is -2.45. The third-order valence-electron chi connectivity index (χ3n) is 15.5. The standard InChI is InChI=1S/C70H131NO3/c1-3-5-7-9-11-13-15-17-19-21-23-25-27-29-31-33-34-35-36-38-40-42-44-46-48-50-52-54-56-58-60-62-64-66-70(74)71-68(67-72)69(73)65-63-61-59-57-55-53-51-49-47-45-43-41-39-37-32-30-28-26-24-22-20-18-16-14-12-10-8-6-4-2/h5,7,11,13,17,19,23,25,29,31,68-69,72-73H,3-4,6,8-10,12,14-16,18,20-22,24,26-28,30,32-67H2,1-2H3,(H,71,74)/b7-5-,13-11-,19-17-,25-23-,31-29-. The van der Waals surface area contributed by atoms with Gasteiger partial charge in [-0.1, -0.05) is 357 Å². The number of nitrogens with one attached hydrogen (secondary N) is 1. The number of hydrogen-bond acceptors (Lipinski definition) is 3. The summed E-state index contributed by atoms with van der Waals surface area (Å²) >= 11 is 0. The molecule has 0 radical (unpaired) electrons. The first kappa shape index (κ1) is 72.1. The van der Waals surface area contributed by atoms with Crippen LogP contribution >= 0.6 is 0 Å². The van der Waals surface area contributed by atoms with Crippen molar-refractivity contribution in [1.29, 1.82) is 0 Å². The quantitative estimate of drug-likeness (QED) is 0.0420. The summed E-state index contributed by atoms with van der Waals surface area (Å²) in [5.74, 6) is -0.0262. The van der Waals surface area contributed by atoms with E-state index in [0.29, 0.717) is 12.8 Å². The van der Waals surface area contributed by atoms with Gasteiger partial charge in [0.25, 0.3) is 0 Å². The minimum atomic E-state index is -0.662. The molecule has 0 aromatic rings. The molecule has 2 unspecified atom stereocenters. The molecule has 0 aliphatic heterocycles. The topological polar surface area (TPSA) is 69.6 Å². The normalized spacial score (nSPS) is 13.1. The van der Waals surface area contributed by atoms with Gasteiger partial charge < -0.3 is 15.5 Å². The summed E-state index contributed by atoms with van der Waals surface area (Å²) in [5.41, 5.74) is 0. The summed E-state index contributed by atoms with van der Waals surface area (Å²) in [6, 6.07) is -0.539. The minimum absolute atomic E-state index is 0.0262. The molecule has 0 saturated carbocycles. The Hall–Kier alpha value is -1.91. The van der Waals surface area contributed by atoms with E-state index in [1.165, 1.54) is 276 Å². The number of amides is 1. The second kappa shape index (κ2) is 65.4. The second-order valence-corrected chi connectivity index (χ2v) is 22.9. The van der Waals surface area contributed by atoms with Crippen molar-refractivity contribution in [2.45, 2.75) is 373 Å². The number of allylic oxidation sites excluding steroid dienone is 10. The zero-order valence-corrected chi connectivity index (χ0v) is 50.1. The fourth-order valence-electron chi connectivity index (χ4n) is 10.5. The monoisotopic (exact) mass is 1030 g/mol. The van der Waals surface area contributed by atoms with Crippen LogP contribution in [0, 0.1) is 0 Å². The van der Waals surface area contributed by atoms with Crippen LogP contribution < -0.4 is 5.32 Å². The maximum atomic E-state index is 12.6. The number of unbranched alkanes of at least 4 members (excludes halogenated alkanes) is 45. The van der Waals surface area contributed by atoms with Crippen molar-refractivity contribution in [1.82, 2.24) is 5.32 Å². The molecule has 4 nitrogen and oxygen atoms in total. The highest BCUT2D eigenvalue weighted by Gasteiger charge is 2.20. The molecule has 0 rings (SSSR count). The number of aliphatic hydroxyl groups excluding tert-OH is 2. The van der Waals surface area contributed by atoms with Gasteiger partial charge in [-0.2, -0.15) is 0 Å². The largest absolute Gasteiger partial charge is 0.394 e. The maximum absolute atomic E-state index is 12.6. The van der Waals surface area contributed by atoms with Gasteiger partial charge in [-0.3, -0.25) is 4.79 Å². The van der Waals surface area contributed by atoms with Crippen molar-refractivity contribution in [3.05, 3.63) is 60.8 Å². The van der Waals surface area contributed by atoms with Gasteiger partial charge in [0.2, 0.25) is 5.91 Å². The Labute approximate surface area is 464 Å². The molecule has 0 fully saturated rings. The van der Waals surface area contributed by atoms with Gasteiger partial charge in [0, 0.05) is 6.42 Å². The number of rotatable bonds is 62. The van der Waals surface area contributed by atoms with Crippen molar-refractivity contribution >= 4 is 5.91 Å². The van der Waals surface area contributed by atoms with Crippen LogP contribution in [0.2, 0.25) is 0 Å². The third kappa shape index (κ3) is 60.9. The first-order valence-electron chi connectivity index (χ1n) is 33.5. The second-order valence-electron chi connectivity index (χ2n) is 22.9. The SMILES string of the molecule is CC/C=C\C/C=C\C/C=C\C/C=C\C/C=C\CCCCCCCCCCCCCCCCCCCC(=O)NC(CO)C(O)CCCCCCCCCCCCCCCCCCCCCCCCCCCCCCC. The average Bonchev–Trinajstić information content (AvgIpc) is 3.40. The predicted octanol–water partition coefficient (Wildman–Crippen LogP) is 22.7. The van der Waals surface area contributed by atoms with Gasteiger partial charge in [0.1, 0.15) is 0 Å². The Balaban J connectivity index is 3.42. The van der Waals surface area contributed by atoms with Crippen molar-refractivity contribution < 1.29 is 15.0 Å². The molecule has 0 aliphatic carbocycles. The van der Waals surface area contributed by atoms with Crippen molar-refractivity contribution in [3.63, 3.8) is 0 Å². The number of carbonyl (C=O) groups excluding carboxylic acids is 1. The fourth-order valence-corrected chi connectivity index (χ4v) is 10.5. The van der Waals surface area contributed by atoms with Gasteiger partial charge >= 0.3 is 0 Å². The molecule has 0 aromatic carbocycles. The van der Waals surface area contributed by atoms with Crippen LogP contribution in [0.3, 0.4) is 0 Å². The highest BCUT2D eigenvalue weighted by Crippen LogP contribution is 2.19. The van der Waals surface area contributed by atoms with Gasteiger partial charge in [-0.15, -0.1) is 0 Å². The zero-order valence-electron chi connectivity index (χ0n) is 50.1. The van der Waals surface area contributed by atoms with Crippen LogP contribution in [-0.4, -0.2) is 34.9 Å². The maximum Gasteiger partial charge on any atom is 0.220 e. The number of hydrogen-bond donors (Lipinski definition) is 3. The van der Waals surface area contributed by atoms with Crippen LogP contribution in [0.5, 0.6) is 0 Å². The Kier molecular flexibility index (Phi) is 63.7. The smallest absolute Gasteiger partial charge is 0.220 e. The molecule has 2 atom stereocenters. The zero-order chi connectivity index (χ0) is 53.4. The molecule has 0 spiro atoms. The van der Waals surface area contributed by atoms with E-state index in [4.69, 9.17) is 0 Å². The molecule has 3 N–H and O–H groups in total. The summed E-state index contributed by atoms with van der Waals surface area (Å²) in [5, 5.41) is 23.5. The molecule has 0 heterocycles. The van der Waals surface area contributed by atoms with Crippen molar-refractivity contribution in [2.24, 2.45) is 0 Å². The van der Waals surface area contributed by atoms with E-state index in [1.807, 2.05) is 0 Å². The van der Waals surface area contributed by atoms with Crippen LogP contribution in [0.25, 0.3) is 0 Å². The Morgan fingerprint density at radius 2 is 0.595 bits per heavy atom. The van der Waals surface area contributed by atoms with Crippen molar-refractivity contribution in [2.75, 3.05) is 6.61 Å². The van der Waals surface area contributed by atoms with Gasteiger partial charge in [0.15, 0.2) is 0 Å². The number of carbonyl (C=O) groups is 1. The van der Waals surface area contributed by atoms with Crippen LogP contribution in [0.15, 0.2) is 60.8 Å². The summed E-state index contributed by atoms with van der Waals surface area (Å²) in [7, 11) is 0. The molecular formula is C70H131NO3. The van der Waals surface area contributed by atoms with Gasteiger partial charge in [-0.05, 0) is 57.8 Å². The molecule has 434 valence electrons. The first-order chi connectivity index (χ1) is 36.7. The van der Waals surface area contributed by atoms with E-state index in [-0.39, 0.29) is 12.5 Å². The van der Waals surface area contributed by atoms with E-state index < -0.39 is 12.1 Å². The van der Waals surface area contributed by atoms with E-state index in [9.17, 15) is 15.0 Å². The minimum Gasteiger partial charge on any atom is -0.394 e. The molecular weight excluding hydrogens is 903 g/mol.